The molecule has 0 spiro atoms. The van der Waals surface area contributed by atoms with Crippen LogP contribution in [-0.4, -0.2) is 56.5 Å². The van der Waals surface area contributed by atoms with Crippen LogP contribution in [0.2, 0.25) is 0 Å². The van der Waals surface area contributed by atoms with Crippen molar-refractivity contribution >= 4 is 17.8 Å². The Kier molecular flexibility index (Phi) is 9.06. The maximum atomic E-state index is 12.6. The lowest BCUT2D eigenvalue weighted by atomic mass is 10.1. The van der Waals surface area contributed by atoms with Gasteiger partial charge in [-0.15, -0.1) is 0 Å². The van der Waals surface area contributed by atoms with Crippen molar-refractivity contribution in [3.8, 4) is 5.75 Å². The first kappa shape index (κ1) is 20.5. The van der Waals surface area contributed by atoms with Gasteiger partial charge in [-0.2, -0.15) is 0 Å². The molecule has 7 heteroatoms. The van der Waals surface area contributed by atoms with Crippen molar-refractivity contribution in [1.82, 2.24) is 10.2 Å². The van der Waals surface area contributed by atoms with E-state index in [4.69, 9.17) is 4.74 Å². The minimum Gasteiger partial charge on any atom is -0.497 e. The van der Waals surface area contributed by atoms with Gasteiger partial charge in [0.1, 0.15) is 5.75 Å². The number of hydrogen-bond acceptors (Lipinski definition) is 5. The zero-order valence-electron chi connectivity index (χ0n) is 15.0. The highest BCUT2D eigenvalue weighted by molar-refractivity contribution is 5.79. The normalized spacial score (nSPS) is 10.0. The SMILES string of the molecule is COC(=O)CCN(CCCNC(C)=O)C(=O)Cc1ccc(OC)cc1. The van der Waals surface area contributed by atoms with E-state index in [-0.39, 0.29) is 30.6 Å². The molecule has 1 N–H and O–H groups in total. The summed E-state index contributed by atoms with van der Waals surface area (Å²) in [7, 11) is 2.91. The number of esters is 1. The summed E-state index contributed by atoms with van der Waals surface area (Å²) in [5.41, 5.74) is 0.871. The maximum absolute atomic E-state index is 12.6. The highest BCUT2D eigenvalue weighted by atomic mass is 16.5. The van der Waals surface area contributed by atoms with Crippen molar-refractivity contribution in [3.05, 3.63) is 29.8 Å². The lowest BCUT2D eigenvalue weighted by Crippen LogP contribution is -2.36. The third-order valence-electron chi connectivity index (χ3n) is 3.66. The van der Waals surface area contributed by atoms with Crippen LogP contribution in [0.3, 0.4) is 0 Å². The van der Waals surface area contributed by atoms with Crippen LogP contribution in [0.5, 0.6) is 5.75 Å². The Morgan fingerprint density at radius 2 is 1.76 bits per heavy atom. The highest BCUT2D eigenvalue weighted by Crippen LogP contribution is 2.12. The molecule has 0 fully saturated rings. The molecule has 2 amide bonds. The number of amides is 2. The number of methoxy groups -OCH3 is 2. The summed E-state index contributed by atoms with van der Waals surface area (Å²) >= 11 is 0. The second-order valence-corrected chi connectivity index (χ2v) is 5.57. The van der Waals surface area contributed by atoms with E-state index in [2.05, 4.69) is 10.1 Å². The summed E-state index contributed by atoms with van der Waals surface area (Å²) < 4.78 is 9.74. The van der Waals surface area contributed by atoms with E-state index < -0.39 is 0 Å². The van der Waals surface area contributed by atoms with Gasteiger partial charge in [-0.1, -0.05) is 12.1 Å². The average molecular weight is 350 g/mol. The molecule has 0 radical (unpaired) electrons. The number of hydrogen-bond donors (Lipinski definition) is 1. The smallest absolute Gasteiger partial charge is 0.307 e. The van der Waals surface area contributed by atoms with E-state index in [1.54, 1.807) is 24.1 Å². The standard InChI is InChI=1S/C18H26N2O5/c1-14(21)19-10-4-11-20(12-9-18(23)25-3)17(22)13-15-5-7-16(24-2)8-6-15/h5-8H,4,9-13H2,1-3H3,(H,19,21). The zero-order chi connectivity index (χ0) is 18.7. The fourth-order valence-electron chi connectivity index (χ4n) is 2.25. The molecule has 1 aromatic carbocycles. The van der Waals surface area contributed by atoms with Crippen molar-refractivity contribution in [3.63, 3.8) is 0 Å². The second kappa shape index (κ2) is 11.1. The Bertz CT molecular complexity index is 571. The van der Waals surface area contributed by atoms with Gasteiger partial charge in [0.05, 0.1) is 27.1 Å². The molecule has 0 atom stereocenters. The van der Waals surface area contributed by atoms with Crippen molar-refractivity contribution in [2.75, 3.05) is 33.9 Å². The van der Waals surface area contributed by atoms with Crippen LogP contribution >= 0.6 is 0 Å². The first-order chi connectivity index (χ1) is 12.0. The molecule has 0 bridgehead atoms. The number of carbonyl (C=O) groups excluding carboxylic acids is 3. The summed E-state index contributed by atoms with van der Waals surface area (Å²) in [6.45, 7) is 2.69. The third-order valence-corrected chi connectivity index (χ3v) is 3.66. The van der Waals surface area contributed by atoms with Crippen molar-refractivity contribution in [1.29, 1.82) is 0 Å². The number of ether oxygens (including phenoxy) is 2. The molecule has 7 nitrogen and oxygen atoms in total. The van der Waals surface area contributed by atoms with Crippen LogP contribution in [-0.2, 0) is 25.5 Å². The molecule has 0 unspecified atom stereocenters. The highest BCUT2D eigenvalue weighted by Gasteiger charge is 2.15. The molecule has 0 aliphatic heterocycles. The van der Waals surface area contributed by atoms with E-state index >= 15 is 0 Å². The van der Waals surface area contributed by atoms with Crippen LogP contribution in [0.4, 0.5) is 0 Å². The fraction of sp³-hybridized carbons (Fsp3) is 0.500. The molecule has 0 aliphatic rings. The fourth-order valence-corrected chi connectivity index (χ4v) is 2.25. The quantitative estimate of drug-likeness (QED) is 0.505. The molecule has 0 saturated heterocycles. The van der Waals surface area contributed by atoms with Crippen LogP contribution in [0.1, 0.15) is 25.3 Å². The summed E-state index contributed by atoms with van der Waals surface area (Å²) in [6.07, 6.45) is 1.01. The Morgan fingerprint density at radius 3 is 2.32 bits per heavy atom. The van der Waals surface area contributed by atoms with Gasteiger partial charge >= 0.3 is 5.97 Å². The van der Waals surface area contributed by atoms with Crippen LogP contribution in [0.15, 0.2) is 24.3 Å². The van der Waals surface area contributed by atoms with E-state index in [1.165, 1.54) is 14.0 Å². The van der Waals surface area contributed by atoms with Gasteiger partial charge < -0.3 is 19.7 Å². The van der Waals surface area contributed by atoms with Gasteiger partial charge in [0.2, 0.25) is 11.8 Å². The number of benzene rings is 1. The molecule has 138 valence electrons. The predicted molar refractivity (Wildman–Crippen MR) is 93.2 cm³/mol. The molecular formula is C18H26N2O5. The minimum atomic E-state index is -0.357. The lowest BCUT2D eigenvalue weighted by Gasteiger charge is -2.22. The summed E-state index contributed by atoms with van der Waals surface area (Å²) in [5.74, 6) is 0.195. The largest absolute Gasteiger partial charge is 0.497 e. The first-order valence-corrected chi connectivity index (χ1v) is 8.18. The van der Waals surface area contributed by atoms with Crippen LogP contribution in [0, 0.1) is 0 Å². The van der Waals surface area contributed by atoms with Gasteiger partial charge in [-0.25, -0.2) is 0 Å². The van der Waals surface area contributed by atoms with Crippen LogP contribution in [0.25, 0.3) is 0 Å². The zero-order valence-corrected chi connectivity index (χ0v) is 15.0. The first-order valence-electron chi connectivity index (χ1n) is 8.18. The van der Waals surface area contributed by atoms with Crippen molar-refractivity contribution in [2.24, 2.45) is 0 Å². The molecule has 1 rings (SSSR count). The molecule has 25 heavy (non-hydrogen) atoms. The topological polar surface area (TPSA) is 84.9 Å². The van der Waals surface area contributed by atoms with E-state index in [9.17, 15) is 14.4 Å². The Balaban J connectivity index is 2.61. The molecule has 0 saturated carbocycles. The average Bonchev–Trinajstić information content (AvgIpc) is 2.61. The van der Waals surface area contributed by atoms with Gasteiger partial charge in [0.25, 0.3) is 0 Å². The predicted octanol–water partition coefficient (Wildman–Crippen LogP) is 1.16. The van der Waals surface area contributed by atoms with E-state index in [0.717, 1.165) is 11.3 Å². The molecule has 0 aliphatic carbocycles. The number of nitrogens with zero attached hydrogens (tertiary/aromatic N) is 1. The molecule has 0 heterocycles. The van der Waals surface area contributed by atoms with Gasteiger partial charge in [0.15, 0.2) is 0 Å². The second-order valence-electron chi connectivity index (χ2n) is 5.57. The number of nitrogens with one attached hydrogen (secondary N) is 1. The molecule has 1 aromatic rings. The Morgan fingerprint density at radius 1 is 1.08 bits per heavy atom. The lowest BCUT2D eigenvalue weighted by molar-refractivity contribution is -0.141. The van der Waals surface area contributed by atoms with E-state index in [1.807, 2.05) is 12.1 Å². The van der Waals surface area contributed by atoms with Gasteiger partial charge in [0, 0.05) is 26.6 Å². The maximum Gasteiger partial charge on any atom is 0.307 e. The summed E-state index contributed by atoms with van der Waals surface area (Å²) in [4.78, 5) is 36.4. The minimum absolute atomic E-state index is 0.0723. The molecule has 0 aromatic heterocycles. The Hall–Kier alpha value is -2.57. The Labute approximate surface area is 148 Å². The van der Waals surface area contributed by atoms with Gasteiger partial charge in [-0.3, -0.25) is 14.4 Å². The molecular weight excluding hydrogens is 324 g/mol. The van der Waals surface area contributed by atoms with Crippen molar-refractivity contribution < 1.29 is 23.9 Å². The number of carbonyl (C=O) groups is 3. The summed E-state index contributed by atoms with van der Waals surface area (Å²) in [5, 5.41) is 2.70. The summed E-state index contributed by atoms with van der Waals surface area (Å²) in [6, 6.07) is 7.29. The number of rotatable bonds is 10. The monoisotopic (exact) mass is 350 g/mol. The van der Waals surface area contributed by atoms with Crippen molar-refractivity contribution in [2.45, 2.75) is 26.2 Å². The third kappa shape index (κ3) is 8.19. The van der Waals surface area contributed by atoms with Gasteiger partial charge in [-0.05, 0) is 24.1 Å². The van der Waals surface area contributed by atoms with Crippen LogP contribution < -0.4 is 10.1 Å². The van der Waals surface area contributed by atoms with E-state index in [0.29, 0.717) is 26.1 Å².